The van der Waals surface area contributed by atoms with Gasteiger partial charge in [0.05, 0.1) is 7.11 Å². The topological polar surface area (TPSA) is 89.6 Å². The molecule has 26 heavy (non-hydrogen) atoms. The molecule has 1 aromatic heterocycles. The van der Waals surface area contributed by atoms with Crippen molar-refractivity contribution < 1.29 is 19.1 Å². The Morgan fingerprint density at radius 2 is 2.31 bits per heavy atom. The fourth-order valence-electron chi connectivity index (χ4n) is 2.54. The van der Waals surface area contributed by atoms with Gasteiger partial charge in [-0.1, -0.05) is 35.1 Å². The van der Waals surface area contributed by atoms with E-state index in [-0.39, 0.29) is 22.0 Å². The van der Waals surface area contributed by atoms with Gasteiger partial charge in [0.1, 0.15) is 6.10 Å². The molecule has 1 aromatic carbocycles. The maximum Gasteiger partial charge on any atom is 0.351 e. The summed E-state index contributed by atoms with van der Waals surface area (Å²) in [5.74, 6) is -0.638. The lowest BCUT2D eigenvalue weighted by Crippen LogP contribution is -2.26. The van der Waals surface area contributed by atoms with Crippen LogP contribution < -0.4 is 10.6 Å². The molecule has 2 heterocycles. The van der Waals surface area contributed by atoms with E-state index in [1.54, 1.807) is 0 Å². The van der Waals surface area contributed by atoms with E-state index in [1.165, 1.54) is 7.11 Å². The van der Waals surface area contributed by atoms with Gasteiger partial charge < -0.3 is 20.1 Å². The largest absolute Gasteiger partial charge is 0.465 e. The van der Waals surface area contributed by atoms with Crippen LogP contribution in [0, 0.1) is 0 Å². The number of anilines is 2. The van der Waals surface area contributed by atoms with E-state index in [9.17, 15) is 9.59 Å². The van der Waals surface area contributed by atoms with Gasteiger partial charge in [-0.15, -0.1) is 0 Å². The van der Waals surface area contributed by atoms with E-state index in [4.69, 9.17) is 16.3 Å². The fourth-order valence-corrected chi connectivity index (χ4v) is 3.64. The number of aromatic nitrogens is 1. The minimum absolute atomic E-state index is 0.113. The van der Waals surface area contributed by atoms with Gasteiger partial charge in [0.2, 0.25) is 0 Å². The van der Waals surface area contributed by atoms with Crippen molar-refractivity contribution in [2.24, 2.45) is 0 Å². The van der Waals surface area contributed by atoms with Crippen LogP contribution in [0.5, 0.6) is 0 Å². The lowest BCUT2D eigenvalue weighted by Gasteiger charge is -2.11. The Bertz CT molecular complexity index is 805. The Morgan fingerprint density at radius 3 is 3.04 bits per heavy atom. The second kappa shape index (κ2) is 8.48. The van der Waals surface area contributed by atoms with Crippen molar-refractivity contribution in [2.75, 3.05) is 24.4 Å². The Morgan fingerprint density at radius 1 is 1.46 bits per heavy atom. The van der Waals surface area contributed by atoms with Gasteiger partial charge in [0.15, 0.2) is 15.2 Å². The first-order chi connectivity index (χ1) is 12.6. The molecule has 1 aliphatic rings. The third kappa shape index (κ3) is 4.51. The molecule has 0 spiro atoms. The SMILES string of the molecule is COC(=O)c1sc(NCc2cccc(NC(=O)C3CCCO3)c2)nc1Cl. The zero-order valence-electron chi connectivity index (χ0n) is 14.1. The zero-order chi connectivity index (χ0) is 18.5. The van der Waals surface area contributed by atoms with Crippen molar-refractivity contribution >= 4 is 45.6 Å². The first-order valence-electron chi connectivity index (χ1n) is 8.06. The minimum atomic E-state index is -0.514. The number of esters is 1. The number of thiazole rings is 1. The molecule has 2 aromatic rings. The molecule has 9 heteroatoms. The van der Waals surface area contributed by atoms with Crippen molar-refractivity contribution in [3.63, 3.8) is 0 Å². The number of methoxy groups -OCH3 is 1. The monoisotopic (exact) mass is 395 g/mol. The molecule has 1 saturated heterocycles. The number of nitrogens with one attached hydrogen (secondary N) is 2. The van der Waals surface area contributed by atoms with E-state index in [1.807, 2.05) is 24.3 Å². The average molecular weight is 396 g/mol. The zero-order valence-corrected chi connectivity index (χ0v) is 15.7. The Hall–Kier alpha value is -2.16. The highest BCUT2D eigenvalue weighted by molar-refractivity contribution is 7.18. The highest BCUT2D eigenvalue weighted by atomic mass is 35.5. The number of hydrogen-bond acceptors (Lipinski definition) is 7. The maximum atomic E-state index is 12.1. The predicted molar refractivity (Wildman–Crippen MR) is 99.8 cm³/mol. The number of hydrogen-bond donors (Lipinski definition) is 2. The van der Waals surface area contributed by atoms with E-state index >= 15 is 0 Å². The summed E-state index contributed by atoms with van der Waals surface area (Å²) in [6.07, 6.45) is 1.29. The molecule has 3 rings (SSSR count). The average Bonchev–Trinajstić information content (AvgIpc) is 3.29. The van der Waals surface area contributed by atoms with Crippen LogP contribution in [0.15, 0.2) is 24.3 Å². The van der Waals surface area contributed by atoms with E-state index < -0.39 is 5.97 Å². The second-order valence-electron chi connectivity index (χ2n) is 5.68. The number of carbonyl (C=O) groups excluding carboxylic acids is 2. The van der Waals surface area contributed by atoms with Crippen LogP contribution in [0.3, 0.4) is 0 Å². The molecule has 1 amide bonds. The molecule has 7 nitrogen and oxygen atoms in total. The molecule has 2 N–H and O–H groups in total. The van der Waals surface area contributed by atoms with Crippen LogP contribution in [0.2, 0.25) is 5.15 Å². The van der Waals surface area contributed by atoms with Gasteiger partial charge in [-0.3, -0.25) is 4.79 Å². The summed E-state index contributed by atoms with van der Waals surface area (Å²) in [5.41, 5.74) is 1.65. The molecule has 0 saturated carbocycles. The molecule has 0 radical (unpaired) electrons. The third-order valence-electron chi connectivity index (χ3n) is 3.82. The second-order valence-corrected chi connectivity index (χ2v) is 7.03. The molecule has 1 atom stereocenters. The summed E-state index contributed by atoms with van der Waals surface area (Å²) >= 11 is 7.07. The van der Waals surface area contributed by atoms with Gasteiger partial charge in [0.25, 0.3) is 5.91 Å². The highest BCUT2D eigenvalue weighted by Gasteiger charge is 2.23. The van der Waals surface area contributed by atoms with Crippen molar-refractivity contribution in [1.29, 1.82) is 0 Å². The van der Waals surface area contributed by atoms with Gasteiger partial charge in [0, 0.05) is 18.8 Å². The van der Waals surface area contributed by atoms with Crippen molar-refractivity contribution in [2.45, 2.75) is 25.5 Å². The van der Waals surface area contributed by atoms with Crippen LogP contribution in [-0.4, -0.2) is 36.7 Å². The van der Waals surface area contributed by atoms with Crippen LogP contribution in [0.25, 0.3) is 0 Å². The number of rotatable bonds is 6. The van der Waals surface area contributed by atoms with E-state index in [0.29, 0.717) is 24.0 Å². The molecule has 1 unspecified atom stereocenters. The number of ether oxygens (including phenoxy) is 2. The van der Waals surface area contributed by atoms with E-state index in [0.717, 1.165) is 29.7 Å². The number of amides is 1. The van der Waals surface area contributed by atoms with Crippen LogP contribution in [-0.2, 0) is 20.8 Å². The standard InChI is InChI=1S/C17H18ClN3O4S/c1-24-16(23)13-14(18)21-17(26-13)19-9-10-4-2-5-11(8-10)20-15(22)12-6-3-7-25-12/h2,4-5,8,12H,3,6-7,9H2,1H3,(H,19,21)(H,20,22). The van der Waals surface area contributed by atoms with Crippen molar-refractivity contribution in [3.05, 3.63) is 39.9 Å². The van der Waals surface area contributed by atoms with Gasteiger partial charge in [-0.2, -0.15) is 0 Å². The van der Waals surface area contributed by atoms with Crippen LogP contribution >= 0.6 is 22.9 Å². The molecular formula is C17H18ClN3O4S. The molecule has 138 valence electrons. The number of benzene rings is 1. The van der Waals surface area contributed by atoms with Crippen molar-refractivity contribution in [3.8, 4) is 0 Å². The fraction of sp³-hybridized carbons (Fsp3) is 0.353. The Labute approximate surface area is 159 Å². The Kier molecular flexibility index (Phi) is 6.08. The maximum absolute atomic E-state index is 12.1. The quantitative estimate of drug-likeness (QED) is 0.729. The number of halogens is 1. The van der Waals surface area contributed by atoms with Crippen molar-refractivity contribution in [1.82, 2.24) is 4.98 Å². The molecule has 1 fully saturated rings. The lowest BCUT2D eigenvalue weighted by molar-refractivity contribution is -0.124. The van der Waals surface area contributed by atoms with Gasteiger partial charge in [-0.05, 0) is 30.5 Å². The molecular weight excluding hydrogens is 378 g/mol. The summed E-state index contributed by atoms with van der Waals surface area (Å²) in [7, 11) is 1.29. The lowest BCUT2D eigenvalue weighted by atomic mass is 10.2. The first kappa shape index (κ1) is 18.6. The summed E-state index contributed by atoms with van der Waals surface area (Å²) in [6.45, 7) is 1.10. The van der Waals surface area contributed by atoms with Gasteiger partial charge >= 0.3 is 5.97 Å². The van der Waals surface area contributed by atoms with Gasteiger partial charge in [-0.25, -0.2) is 9.78 Å². The summed E-state index contributed by atoms with van der Waals surface area (Å²) < 4.78 is 10.0. The number of nitrogens with zero attached hydrogens (tertiary/aromatic N) is 1. The molecule has 1 aliphatic heterocycles. The summed E-state index contributed by atoms with van der Waals surface area (Å²) in [5, 5.41) is 6.62. The summed E-state index contributed by atoms with van der Waals surface area (Å²) in [6, 6.07) is 7.48. The normalized spacial score (nSPS) is 16.3. The first-order valence-corrected chi connectivity index (χ1v) is 9.26. The van der Waals surface area contributed by atoms with Crippen LogP contribution in [0.1, 0.15) is 28.1 Å². The third-order valence-corrected chi connectivity index (χ3v) is 5.20. The summed E-state index contributed by atoms with van der Waals surface area (Å²) in [4.78, 5) is 28.0. The minimum Gasteiger partial charge on any atom is -0.465 e. The van der Waals surface area contributed by atoms with E-state index in [2.05, 4.69) is 20.4 Å². The number of carbonyl (C=O) groups is 2. The smallest absolute Gasteiger partial charge is 0.351 e. The highest BCUT2D eigenvalue weighted by Crippen LogP contribution is 2.28. The Balaban J connectivity index is 1.60. The molecule has 0 aliphatic carbocycles. The molecule has 0 bridgehead atoms. The van der Waals surface area contributed by atoms with Crippen LogP contribution in [0.4, 0.5) is 10.8 Å². The predicted octanol–water partition coefficient (Wildman–Crippen LogP) is 3.31.